The van der Waals surface area contributed by atoms with Gasteiger partial charge in [-0.15, -0.1) is 0 Å². The standard InChI is InChI=1S/C24H22BrNO2/c1-3-4-15-28-24(27)20-14-13-18(16-9-11-17(25)12-10-16)22-19-7-5-6-8-21(19)26(2)23(20)22/h5-14H,3-4,15H2,1-2H3. The van der Waals surface area contributed by atoms with Gasteiger partial charge in [0, 0.05) is 27.8 Å². The maximum atomic E-state index is 12.8. The van der Waals surface area contributed by atoms with Crippen molar-refractivity contribution in [2.45, 2.75) is 19.8 Å². The lowest BCUT2D eigenvalue weighted by molar-refractivity contribution is 0.0501. The summed E-state index contributed by atoms with van der Waals surface area (Å²) in [6.45, 7) is 2.54. The SMILES string of the molecule is CCCCOC(=O)c1ccc(-c2ccc(Br)cc2)c2c3ccccc3n(C)c12. The fourth-order valence-electron chi connectivity index (χ4n) is 3.73. The van der Waals surface area contributed by atoms with Crippen LogP contribution in [0.2, 0.25) is 0 Å². The van der Waals surface area contributed by atoms with Gasteiger partial charge in [0.1, 0.15) is 0 Å². The molecule has 3 nitrogen and oxygen atoms in total. The third-order valence-electron chi connectivity index (χ3n) is 5.15. The molecule has 0 aliphatic rings. The van der Waals surface area contributed by atoms with Gasteiger partial charge in [0.05, 0.1) is 17.7 Å². The number of carbonyl (C=O) groups is 1. The number of para-hydroxylation sites is 1. The van der Waals surface area contributed by atoms with E-state index < -0.39 is 0 Å². The number of benzene rings is 3. The van der Waals surface area contributed by atoms with Crippen molar-refractivity contribution in [3.63, 3.8) is 0 Å². The van der Waals surface area contributed by atoms with E-state index in [4.69, 9.17) is 4.74 Å². The van der Waals surface area contributed by atoms with Crippen LogP contribution in [0, 0.1) is 0 Å². The molecule has 28 heavy (non-hydrogen) atoms. The quantitative estimate of drug-likeness (QED) is 0.257. The average molecular weight is 436 g/mol. The average Bonchev–Trinajstić information content (AvgIpc) is 3.02. The predicted octanol–water partition coefficient (Wildman–Crippen LogP) is 6.72. The summed E-state index contributed by atoms with van der Waals surface area (Å²) in [6, 6.07) is 20.5. The Hall–Kier alpha value is -2.59. The molecule has 142 valence electrons. The number of rotatable bonds is 5. The second kappa shape index (κ2) is 7.80. The van der Waals surface area contributed by atoms with Gasteiger partial charge in [-0.25, -0.2) is 4.79 Å². The Bertz CT molecular complexity index is 1160. The Kier molecular flexibility index (Phi) is 5.23. The summed E-state index contributed by atoms with van der Waals surface area (Å²) in [5, 5.41) is 2.23. The lowest BCUT2D eigenvalue weighted by atomic mass is 9.97. The molecule has 0 radical (unpaired) electrons. The van der Waals surface area contributed by atoms with E-state index in [1.807, 2.05) is 43.4 Å². The molecule has 0 spiro atoms. The maximum Gasteiger partial charge on any atom is 0.340 e. The lowest BCUT2D eigenvalue weighted by Gasteiger charge is -2.11. The van der Waals surface area contributed by atoms with Gasteiger partial charge in [0.2, 0.25) is 0 Å². The number of aryl methyl sites for hydroxylation is 1. The lowest BCUT2D eigenvalue weighted by Crippen LogP contribution is -2.08. The second-order valence-electron chi connectivity index (χ2n) is 6.96. The number of aromatic nitrogens is 1. The molecular weight excluding hydrogens is 414 g/mol. The molecule has 0 aliphatic carbocycles. The number of halogens is 1. The molecule has 3 aromatic carbocycles. The van der Waals surface area contributed by atoms with Gasteiger partial charge < -0.3 is 9.30 Å². The third kappa shape index (κ3) is 3.22. The van der Waals surface area contributed by atoms with Crippen molar-refractivity contribution in [1.82, 2.24) is 4.57 Å². The number of ether oxygens (including phenoxy) is 1. The fourth-order valence-corrected chi connectivity index (χ4v) is 4.00. The van der Waals surface area contributed by atoms with Crippen LogP contribution in [0.25, 0.3) is 32.9 Å². The molecule has 4 rings (SSSR count). The van der Waals surface area contributed by atoms with Gasteiger partial charge >= 0.3 is 5.97 Å². The molecule has 0 fully saturated rings. The summed E-state index contributed by atoms with van der Waals surface area (Å²) in [5.74, 6) is -0.258. The number of hydrogen-bond acceptors (Lipinski definition) is 2. The van der Waals surface area contributed by atoms with E-state index in [2.05, 4.69) is 51.7 Å². The minimum atomic E-state index is -0.258. The molecule has 0 saturated carbocycles. The highest BCUT2D eigenvalue weighted by atomic mass is 79.9. The molecule has 0 bridgehead atoms. The Morgan fingerprint density at radius 3 is 2.54 bits per heavy atom. The van der Waals surface area contributed by atoms with Gasteiger partial charge in [-0.3, -0.25) is 0 Å². The highest BCUT2D eigenvalue weighted by molar-refractivity contribution is 9.10. The van der Waals surface area contributed by atoms with E-state index in [0.29, 0.717) is 12.2 Å². The van der Waals surface area contributed by atoms with E-state index in [-0.39, 0.29) is 5.97 Å². The summed E-state index contributed by atoms with van der Waals surface area (Å²) >= 11 is 3.51. The summed E-state index contributed by atoms with van der Waals surface area (Å²) in [6.07, 6.45) is 1.88. The first kappa shape index (κ1) is 18.8. The van der Waals surface area contributed by atoms with Crippen LogP contribution in [0.4, 0.5) is 0 Å². The van der Waals surface area contributed by atoms with Crippen molar-refractivity contribution in [3.8, 4) is 11.1 Å². The number of hydrogen-bond donors (Lipinski definition) is 0. The van der Waals surface area contributed by atoms with Crippen molar-refractivity contribution in [2.24, 2.45) is 7.05 Å². The molecule has 0 N–H and O–H groups in total. The van der Waals surface area contributed by atoms with E-state index in [9.17, 15) is 4.79 Å². The monoisotopic (exact) mass is 435 g/mol. The summed E-state index contributed by atoms with van der Waals surface area (Å²) in [5.41, 5.74) is 4.87. The Labute approximate surface area is 173 Å². The second-order valence-corrected chi connectivity index (χ2v) is 7.87. The minimum Gasteiger partial charge on any atom is -0.462 e. The Morgan fingerprint density at radius 2 is 1.79 bits per heavy atom. The molecule has 0 atom stereocenters. The van der Waals surface area contributed by atoms with Crippen molar-refractivity contribution >= 4 is 43.7 Å². The van der Waals surface area contributed by atoms with Crippen LogP contribution < -0.4 is 0 Å². The number of unbranched alkanes of at least 4 members (excludes halogenated alkanes) is 1. The smallest absolute Gasteiger partial charge is 0.340 e. The van der Waals surface area contributed by atoms with Crippen LogP contribution in [0.15, 0.2) is 65.1 Å². The van der Waals surface area contributed by atoms with Gasteiger partial charge in [0.15, 0.2) is 0 Å². The highest BCUT2D eigenvalue weighted by Gasteiger charge is 2.20. The molecule has 1 aromatic heterocycles. The van der Waals surface area contributed by atoms with E-state index in [1.54, 1.807) is 0 Å². The predicted molar refractivity (Wildman–Crippen MR) is 119 cm³/mol. The molecule has 4 aromatic rings. The first-order chi connectivity index (χ1) is 13.6. The Balaban J connectivity index is 1.98. The van der Waals surface area contributed by atoms with Crippen LogP contribution in [-0.4, -0.2) is 17.1 Å². The van der Waals surface area contributed by atoms with Gasteiger partial charge in [0.25, 0.3) is 0 Å². The zero-order chi connectivity index (χ0) is 19.7. The van der Waals surface area contributed by atoms with Gasteiger partial charge in [-0.2, -0.15) is 0 Å². The number of carbonyl (C=O) groups excluding carboxylic acids is 1. The van der Waals surface area contributed by atoms with Crippen molar-refractivity contribution < 1.29 is 9.53 Å². The van der Waals surface area contributed by atoms with Gasteiger partial charge in [-0.05, 0) is 41.8 Å². The van der Waals surface area contributed by atoms with E-state index in [0.717, 1.165) is 50.2 Å². The van der Waals surface area contributed by atoms with Crippen LogP contribution in [0.1, 0.15) is 30.1 Å². The van der Waals surface area contributed by atoms with Crippen molar-refractivity contribution in [3.05, 3.63) is 70.7 Å². The van der Waals surface area contributed by atoms with Crippen LogP contribution in [0.5, 0.6) is 0 Å². The molecule has 0 amide bonds. The zero-order valence-electron chi connectivity index (χ0n) is 16.0. The van der Waals surface area contributed by atoms with Crippen LogP contribution >= 0.6 is 15.9 Å². The van der Waals surface area contributed by atoms with E-state index in [1.165, 1.54) is 0 Å². The molecule has 0 unspecified atom stereocenters. The van der Waals surface area contributed by atoms with Crippen molar-refractivity contribution in [2.75, 3.05) is 6.61 Å². The normalized spacial score (nSPS) is 11.2. The van der Waals surface area contributed by atoms with Crippen LogP contribution in [0.3, 0.4) is 0 Å². The summed E-state index contributed by atoms with van der Waals surface area (Å²) < 4.78 is 8.67. The summed E-state index contributed by atoms with van der Waals surface area (Å²) in [4.78, 5) is 12.8. The van der Waals surface area contributed by atoms with Crippen molar-refractivity contribution in [1.29, 1.82) is 0 Å². The summed E-state index contributed by atoms with van der Waals surface area (Å²) in [7, 11) is 2.01. The molecular formula is C24H22BrNO2. The Morgan fingerprint density at radius 1 is 1.04 bits per heavy atom. The van der Waals surface area contributed by atoms with Gasteiger partial charge in [-0.1, -0.05) is 65.7 Å². The third-order valence-corrected chi connectivity index (χ3v) is 5.68. The van der Waals surface area contributed by atoms with Crippen LogP contribution in [-0.2, 0) is 11.8 Å². The number of fused-ring (bicyclic) bond motifs is 3. The zero-order valence-corrected chi connectivity index (χ0v) is 17.6. The first-order valence-corrected chi connectivity index (χ1v) is 10.3. The molecule has 0 saturated heterocycles. The molecule has 4 heteroatoms. The largest absolute Gasteiger partial charge is 0.462 e. The number of esters is 1. The first-order valence-electron chi connectivity index (χ1n) is 9.55. The maximum absolute atomic E-state index is 12.8. The van der Waals surface area contributed by atoms with E-state index >= 15 is 0 Å². The highest BCUT2D eigenvalue weighted by Crippen LogP contribution is 2.38. The molecule has 1 heterocycles. The minimum absolute atomic E-state index is 0.258. The number of nitrogens with zero attached hydrogens (tertiary/aromatic N) is 1. The molecule has 0 aliphatic heterocycles. The fraction of sp³-hybridized carbons (Fsp3) is 0.208. The topological polar surface area (TPSA) is 31.2 Å².